The van der Waals surface area contributed by atoms with Crippen molar-refractivity contribution in [2.75, 3.05) is 6.54 Å². The van der Waals surface area contributed by atoms with Crippen LogP contribution in [0.2, 0.25) is 0 Å². The Bertz CT molecular complexity index is 278. The third-order valence-electron chi connectivity index (χ3n) is 3.41. The topological polar surface area (TPSA) is 57.6 Å². The van der Waals surface area contributed by atoms with Gasteiger partial charge in [-0.1, -0.05) is 26.7 Å². The number of likely N-dealkylation sites (tertiary alicyclic amines) is 1. The van der Waals surface area contributed by atoms with Crippen LogP contribution in [0.25, 0.3) is 0 Å². The van der Waals surface area contributed by atoms with Crippen LogP contribution in [0.4, 0.5) is 0 Å². The van der Waals surface area contributed by atoms with Gasteiger partial charge in [-0.2, -0.15) is 0 Å². The summed E-state index contributed by atoms with van der Waals surface area (Å²) < 4.78 is 0. The fourth-order valence-electron chi connectivity index (χ4n) is 2.50. The van der Waals surface area contributed by atoms with Gasteiger partial charge in [0.2, 0.25) is 5.91 Å². The van der Waals surface area contributed by atoms with Crippen molar-refractivity contribution >= 4 is 11.9 Å². The quantitative estimate of drug-likeness (QED) is 0.803. The lowest BCUT2D eigenvalue weighted by Gasteiger charge is -2.33. The third kappa shape index (κ3) is 4.02. The van der Waals surface area contributed by atoms with Gasteiger partial charge in [-0.3, -0.25) is 4.79 Å². The molecule has 1 heterocycles. The Morgan fingerprint density at radius 1 is 1.41 bits per heavy atom. The summed E-state index contributed by atoms with van der Waals surface area (Å²) in [7, 11) is 0. The van der Waals surface area contributed by atoms with Crippen LogP contribution in [0.1, 0.15) is 52.4 Å². The lowest BCUT2D eigenvalue weighted by atomic mass is 9.98. The normalized spacial score (nSPS) is 22.2. The van der Waals surface area contributed by atoms with Gasteiger partial charge in [0.05, 0.1) is 0 Å². The molecule has 0 bridgehead atoms. The summed E-state index contributed by atoms with van der Waals surface area (Å²) in [4.78, 5) is 24.7. The molecule has 4 heteroatoms. The Labute approximate surface area is 103 Å². The number of amides is 1. The SMILES string of the molecule is CCCC(C)CC(=O)N1CCCC[C@@H]1C(=O)O. The van der Waals surface area contributed by atoms with Crippen LogP contribution in [0.3, 0.4) is 0 Å². The predicted octanol–water partition coefficient (Wildman–Crippen LogP) is 2.28. The number of rotatable bonds is 5. The van der Waals surface area contributed by atoms with Gasteiger partial charge in [0.15, 0.2) is 0 Å². The average Bonchev–Trinajstić information content (AvgIpc) is 2.29. The Kier molecular flexibility index (Phi) is 5.45. The van der Waals surface area contributed by atoms with Gasteiger partial charge in [0.1, 0.15) is 6.04 Å². The Hall–Kier alpha value is -1.06. The van der Waals surface area contributed by atoms with E-state index in [2.05, 4.69) is 13.8 Å². The molecule has 1 saturated heterocycles. The van der Waals surface area contributed by atoms with Crippen LogP contribution >= 0.6 is 0 Å². The molecule has 1 aliphatic rings. The van der Waals surface area contributed by atoms with Gasteiger partial charge in [-0.05, 0) is 25.2 Å². The molecule has 1 N–H and O–H groups in total. The molecule has 98 valence electrons. The second-order valence-electron chi connectivity index (χ2n) is 5.03. The maximum absolute atomic E-state index is 12.1. The lowest BCUT2D eigenvalue weighted by molar-refractivity contribution is -0.152. The minimum Gasteiger partial charge on any atom is -0.480 e. The van der Waals surface area contributed by atoms with Crippen LogP contribution < -0.4 is 0 Å². The van der Waals surface area contributed by atoms with E-state index in [1.165, 1.54) is 0 Å². The first kappa shape index (κ1) is 14.0. The van der Waals surface area contributed by atoms with Crippen molar-refractivity contribution in [3.8, 4) is 0 Å². The van der Waals surface area contributed by atoms with Crippen LogP contribution in [0, 0.1) is 5.92 Å². The van der Waals surface area contributed by atoms with Crippen molar-refractivity contribution in [1.82, 2.24) is 4.90 Å². The van der Waals surface area contributed by atoms with Gasteiger partial charge in [0, 0.05) is 13.0 Å². The number of carbonyl (C=O) groups excluding carboxylic acids is 1. The summed E-state index contributed by atoms with van der Waals surface area (Å²) in [6.07, 6.45) is 5.01. The number of hydrogen-bond donors (Lipinski definition) is 1. The van der Waals surface area contributed by atoms with Crippen molar-refractivity contribution in [2.45, 2.75) is 58.4 Å². The number of piperidine rings is 1. The van der Waals surface area contributed by atoms with Gasteiger partial charge in [0.25, 0.3) is 0 Å². The first-order chi connectivity index (χ1) is 8.06. The van der Waals surface area contributed by atoms with Crippen molar-refractivity contribution in [1.29, 1.82) is 0 Å². The zero-order valence-electron chi connectivity index (χ0n) is 10.8. The monoisotopic (exact) mass is 241 g/mol. The molecule has 0 aromatic heterocycles. The van der Waals surface area contributed by atoms with Crippen LogP contribution in [0.5, 0.6) is 0 Å². The molecule has 0 spiro atoms. The Morgan fingerprint density at radius 2 is 2.12 bits per heavy atom. The van der Waals surface area contributed by atoms with Gasteiger partial charge >= 0.3 is 5.97 Å². The highest BCUT2D eigenvalue weighted by Gasteiger charge is 2.31. The fraction of sp³-hybridized carbons (Fsp3) is 0.846. The molecule has 17 heavy (non-hydrogen) atoms. The minimum absolute atomic E-state index is 0.0121. The molecule has 1 fully saturated rings. The van der Waals surface area contributed by atoms with Gasteiger partial charge in [-0.25, -0.2) is 4.79 Å². The number of hydrogen-bond acceptors (Lipinski definition) is 2. The number of carboxylic acids is 1. The highest BCUT2D eigenvalue weighted by molar-refractivity contribution is 5.84. The average molecular weight is 241 g/mol. The maximum Gasteiger partial charge on any atom is 0.326 e. The number of nitrogens with zero attached hydrogens (tertiary/aromatic N) is 1. The van der Waals surface area contributed by atoms with Crippen molar-refractivity contribution in [2.24, 2.45) is 5.92 Å². The maximum atomic E-state index is 12.1. The van der Waals surface area contributed by atoms with E-state index in [9.17, 15) is 9.59 Å². The molecule has 0 saturated carbocycles. The van der Waals surface area contributed by atoms with Gasteiger partial charge < -0.3 is 10.0 Å². The molecule has 0 aromatic rings. The van der Waals surface area contributed by atoms with Crippen molar-refractivity contribution < 1.29 is 14.7 Å². The van der Waals surface area contributed by atoms with E-state index in [1.807, 2.05) is 0 Å². The summed E-state index contributed by atoms with van der Waals surface area (Å²) in [5.41, 5.74) is 0. The molecule has 0 aromatic carbocycles. The molecule has 1 unspecified atom stereocenters. The fourth-order valence-corrected chi connectivity index (χ4v) is 2.50. The molecule has 0 radical (unpaired) electrons. The molecule has 4 nitrogen and oxygen atoms in total. The molecule has 2 atom stereocenters. The molecule has 1 rings (SSSR count). The Morgan fingerprint density at radius 3 is 2.71 bits per heavy atom. The van der Waals surface area contributed by atoms with Crippen LogP contribution in [0.15, 0.2) is 0 Å². The van der Waals surface area contributed by atoms with E-state index in [0.717, 1.165) is 25.7 Å². The second kappa shape index (κ2) is 6.62. The van der Waals surface area contributed by atoms with E-state index >= 15 is 0 Å². The lowest BCUT2D eigenvalue weighted by Crippen LogP contribution is -2.48. The summed E-state index contributed by atoms with van der Waals surface area (Å²) >= 11 is 0. The van der Waals surface area contributed by atoms with E-state index in [-0.39, 0.29) is 5.91 Å². The molecular formula is C13H23NO3. The molecule has 1 amide bonds. The van der Waals surface area contributed by atoms with Crippen molar-refractivity contribution in [3.63, 3.8) is 0 Å². The van der Waals surface area contributed by atoms with Gasteiger partial charge in [-0.15, -0.1) is 0 Å². The summed E-state index contributed by atoms with van der Waals surface area (Å²) in [5, 5.41) is 9.10. The summed E-state index contributed by atoms with van der Waals surface area (Å²) in [6.45, 7) is 4.76. The second-order valence-corrected chi connectivity index (χ2v) is 5.03. The first-order valence-electron chi connectivity index (χ1n) is 6.58. The smallest absolute Gasteiger partial charge is 0.326 e. The number of carbonyl (C=O) groups is 2. The highest BCUT2D eigenvalue weighted by Crippen LogP contribution is 2.20. The first-order valence-corrected chi connectivity index (χ1v) is 6.58. The minimum atomic E-state index is -0.860. The van der Waals surface area contributed by atoms with Crippen LogP contribution in [-0.2, 0) is 9.59 Å². The molecule has 1 aliphatic heterocycles. The van der Waals surface area contributed by atoms with Crippen molar-refractivity contribution in [3.05, 3.63) is 0 Å². The predicted molar refractivity (Wildman–Crippen MR) is 65.7 cm³/mol. The molecule has 0 aliphatic carbocycles. The third-order valence-corrected chi connectivity index (χ3v) is 3.41. The van der Waals surface area contributed by atoms with E-state index < -0.39 is 12.0 Å². The summed E-state index contributed by atoms with van der Waals surface area (Å²) in [6, 6.07) is -0.593. The molecular weight excluding hydrogens is 218 g/mol. The standard InChI is InChI=1S/C13H23NO3/c1-3-6-10(2)9-12(15)14-8-5-4-7-11(14)13(16)17/h10-11H,3-9H2,1-2H3,(H,16,17)/t10?,11-/m1/s1. The summed E-state index contributed by atoms with van der Waals surface area (Å²) in [5.74, 6) is -0.497. The number of aliphatic carboxylic acids is 1. The van der Waals surface area contributed by atoms with Crippen LogP contribution in [-0.4, -0.2) is 34.5 Å². The number of carboxylic acid groups (broad SMARTS) is 1. The zero-order valence-corrected chi connectivity index (χ0v) is 10.8. The largest absolute Gasteiger partial charge is 0.480 e. The Balaban J connectivity index is 2.56. The van der Waals surface area contributed by atoms with E-state index in [0.29, 0.717) is 25.3 Å². The zero-order chi connectivity index (χ0) is 12.8. The van der Waals surface area contributed by atoms with E-state index in [4.69, 9.17) is 5.11 Å². The highest BCUT2D eigenvalue weighted by atomic mass is 16.4. The van der Waals surface area contributed by atoms with E-state index in [1.54, 1.807) is 4.90 Å².